The summed E-state index contributed by atoms with van der Waals surface area (Å²) < 4.78 is 11.1. The van der Waals surface area contributed by atoms with E-state index in [0.717, 1.165) is 0 Å². The molecule has 0 aliphatic heterocycles. The molecule has 0 spiro atoms. The summed E-state index contributed by atoms with van der Waals surface area (Å²) in [5.74, 6) is -0.871. The summed E-state index contributed by atoms with van der Waals surface area (Å²) >= 11 is 3.29. The zero-order chi connectivity index (χ0) is 16.4. The standard InChI is InChI=1S/C16H21BrO4/c1-15(2,3)20-13(18)10-7-8-11(12(17)9-10)14(19)21-16(4,5)6/h7-9H,1-6H3. The van der Waals surface area contributed by atoms with E-state index in [0.29, 0.717) is 15.6 Å². The van der Waals surface area contributed by atoms with Crippen LogP contribution in [0.2, 0.25) is 0 Å². The number of hydrogen-bond donors (Lipinski definition) is 0. The molecule has 1 rings (SSSR count). The largest absolute Gasteiger partial charge is 0.456 e. The SMILES string of the molecule is CC(C)(C)OC(=O)c1ccc(C(=O)OC(C)(C)C)c(Br)c1. The Hall–Kier alpha value is -1.36. The molecule has 0 fully saturated rings. The van der Waals surface area contributed by atoms with Gasteiger partial charge in [0, 0.05) is 4.47 Å². The summed E-state index contributed by atoms with van der Waals surface area (Å²) in [5, 5.41) is 0. The van der Waals surface area contributed by atoms with Crippen molar-refractivity contribution in [2.24, 2.45) is 0 Å². The lowest BCUT2D eigenvalue weighted by molar-refractivity contribution is 0.00509. The fourth-order valence-corrected chi connectivity index (χ4v) is 2.02. The van der Waals surface area contributed by atoms with Crippen LogP contribution in [0.3, 0.4) is 0 Å². The van der Waals surface area contributed by atoms with E-state index in [9.17, 15) is 9.59 Å². The first-order valence-electron chi connectivity index (χ1n) is 6.65. The first kappa shape index (κ1) is 17.7. The Kier molecular flexibility index (Phi) is 5.20. The van der Waals surface area contributed by atoms with Gasteiger partial charge in [0.05, 0.1) is 11.1 Å². The molecule has 1 aromatic carbocycles. The van der Waals surface area contributed by atoms with Crippen LogP contribution in [-0.4, -0.2) is 23.1 Å². The number of hydrogen-bond acceptors (Lipinski definition) is 4. The highest BCUT2D eigenvalue weighted by molar-refractivity contribution is 9.10. The van der Waals surface area contributed by atoms with Gasteiger partial charge in [0.15, 0.2) is 0 Å². The van der Waals surface area contributed by atoms with Gasteiger partial charge < -0.3 is 9.47 Å². The second kappa shape index (κ2) is 6.18. The normalized spacial score (nSPS) is 12.0. The minimum Gasteiger partial charge on any atom is -0.456 e. The number of esters is 2. The number of rotatable bonds is 2. The summed E-state index contributed by atoms with van der Waals surface area (Å²) in [6.45, 7) is 10.8. The minimum atomic E-state index is -0.569. The molecule has 0 heterocycles. The van der Waals surface area contributed by atoms with E-state index >= 15 is 0 Å². The molecule has 0 aliphatic rings. The lowest BCUT2D eigenvalue weighted by Gasteiger charge is -2.21. The van der Waals surface area contributed by atoms with Gasteiger partial charge in [0.25, 0.3) is 0 Å². The topological polar surface area (TPSA) is 52.6 Å². The van der Waals surface area contributed by atoms with E-state index in [4.69, 9.17) is 9.47 Å². The van der Waals surface area contributed by atoms with Crippen LogP contribution in [-0.2, 0) is 9.47 Å². The highest BCUT2D eigenvalue weighted by atomic mass is 79.9. The molecule has 5 heteroatoms. The molecule has 0 bridgehead atoms. The average Bonchev–Trinajstić information content (AvgIpc) is 2.23. The van der Waals surface area contributed by atoms with Crippen LogP contribution in [0.25, 0.3) is 0 Å². The quantitative estimate of drug-likeness (QED) is 0.738. The first-order chi connectivity index (χ1) is 9.39. The monoisotopic (exact) mass is 356 g/mol. The molecule has 0 aromatic heterocycles. The van der Waals surface area contributed by atoms with Gasteiger partial charge in [-0.2, -0.15) is 0 Å². The fraction of sp³-hybridized carbons (Fsp3) is 0.500. The summed E-state index contributed by atoms with van der Waals surface area (Å²) in [6.07, 6.45) is 0. The Morgan fingerprint density at radius 3 is 1.81 bits per heavy atom. The van der Waals surface area contributed by atoms with Crippen molar-refractivity contribution >= 4 is 27.9 Å². The number of carbonyl (C=O) groups excluding carboxylic acids is 2. The molecular formula is C16H21BrO4. The molecule has 0 saturated heterocycles. The minimum absolute atomic E-state index is 0.372. The number of ether oxygens (including phenoxy) is 2. The molecule has 116 valence electrons. The molecule has 0 atom stereocenters. The second-order valence-electron chi connectivity index (χ2n) is 6.70. The molecule has 21 heavy (non-hydrogen) atoms. The van der Waals surface area contributed by atoms with Gasteiger partial charge in [-0.25, -0.2) is 9.59 Å². The summed E-state index contributed by atoms with van der Waals surface area (Å²) in [5.41, 5.74) is -0.380. The van der Waals surface area contributed by atoms with E-state index in [1.165, 1.54) is 0 Å². The van der Waals surface area contributed by atoms with Crippen LogP contribution in [0, 0.1) is 0 Å². The van der Waals surface area contributed by atoms with Gasteiger partial charge in [0.2, 0.25) is 0 Å². The number of halogens is 1. The van der Waals surface area contributed by atoms with Crippen molar-refractivity contribution in [3.05, 3.63) is 33.8 Å². The van der Waals surface area contributed by atoms with Gasteiger partial charge in [0.1, 0.15) is 11.2 Å². The molecule has 0 N–H and O–H groups in total. The Morgan fingerprint density at radius 1 is 0.905 bits per heavy atom. The highest BCUT2D eigenvalue weighted by Crippen LogP contribution is 2.23. The van der Waals surface area contributed by atoms with Crippen LogP contribution in [0.4, 0.5) is 0 Å². The van der Waals surface area contributed by atoms with Crippen LogP contribution in [0.5, 0.6) is 0 Å². The van der Waals surface area contributed by atoms with Crippen molar-refractivity contribution in [1.82, 2.24) is 0 Å². The predicted octanol–water partition coefficient (Wildman–Crippen LogP) is 4.36. The van der Waals surface area contributed by atoms with Crippen molar-refractivity contribution < 1.29 is 19.1 Å². The number of carbonyl (C=O) groups is 2. The third-order valence-corrected chi connectivity index (χ3v) is 2.88. The second-order valence-corrected chi connectivity index (χ2v) is 7.55. The van der Waals surface area contributed by atoms with Gasteiger partial charge in [-0.15, -0.1) is 0 Å². The van der Waals surface area contributed by atoms with Crippen LogP contribution >= 0.6 is 15.9 Å². The van der Waals surface area contributed by atoms with E-state index in [2.05, 4.69) is 15.9 Å². The van der Waals surface area contributed by atoms with Gasteiger partial charge >= 0.3 is 11.9 Å². The van der Waals surface area contributed by atoms with Crippen LogP contribution in [0.15, 0.2) is 22.7 Å². The zero-order valence-corrected chi connectivity index (χ0v) is 14.8. The molecule has 4 nitrogen and oxygen atoms in total. The lowest BCUT2D eigenvalue weighted by Crippen LogP contribution is -2.25. The lowest BCUT2D eigenvalue weighted by atomic mass is 10.1. The Bertz CT molecular complexity index is 550. The molecule has 0 aliphatic carbocycles. The summed E-state index contributed by atoms with van der Waals surface area (Å²) in [4.78, 5) is 24.0. The smallest absolute Gasteiger partial charge is 0.339 e. The molecule has 0 amide bonds. The van der Waals surface area contributed by atoms with Gasteiger partial charge in [-0.3, -0.25) is 0 Å². The van der Waals surface area contributed by atoms with Gasteiger partial charge in [-0.05, 0) is 75.7 Å². The van der Waals surface area contributed by atoms with E-state index in [1.54, 1.807) is 59.7 Å². The van der Waals surface area contributed by atoms with Crippen molar-refractivity contribution in [1.29, 1.82) is 0 Å². The molecule has 0 saturated carbocycles. The zero-order valence-electron chi connectivity index (χ0n) is 13.2. The molecule has 0 unspecified atom stereocenters. The van der Waals surface area contributed by atoms with Crippen LogP contribution < -0.4 is 0 Å². The van der Waals surface area contributed by atoms with Crippen LogP contribution in [0.1, 0.15) is 62.3 Å². The van der Waals surface area contributed by atoms with Crippen molar-refractivity contribution in [3.8, 4) is 0 Å². The van der Waals surface area contributed by atoms with Gasteiger partial charge in [-0.1, -0.05) is 0 Å². The highest BCUT2D eigenvalue weighted by Gasteiger charge is 2.22. The molecule has 0 radical (unpaired) electrons. The average molecular weight is 357 g/mol. The van der Waals surface area contributed by atoms with Crippen molar-refractivity contribution in [3.63, 3.8) is 0 Å². The fourth-order valence-electron chi connectivity index (χ4n) is 1.48. The Balaban J connectivity index is 2.96. The summed E-state index contributed by atoms with van der Waals surface area (Å²) in [7, 11) is 0. The van der Waals surface area contributed by atoms with E-state index < -0.39 is 23.1 Å². The summed E-state index contributed by atoms with van der Waals surface area (Å²) in [6, 6.07) is 4.67. The Morgan fingerprint density at radius 2 is 1.38 bits per heavy atom. The predicted molar refractivity (Wildman–Crippen MR) is 84.5 cm³/mol. The number of benzene rings is 1. The first-order valence-corrected chi connectivity index (χ1v) is 7.44. The molecular weight excluding hydrogens is 336 g/mol. The van der Waals surface area contributed by atoms with Crippen molar-refractivity contribution in [2.45, 2.75) is 52.7 Å². The third kappa shape index (κ3) is 5.87. The Labute approximate surface area is 133 Å². The maximum Gasteiger partial charge on any atom is 0.339 e. The third-order valence-electron chi connectivity index (χ3n) is 2.22. The van der Waals surface area contributed by atoms with E-state index in [1.807, 2.05) is 0 Å². The van der Waals surface area contributed by atoms with E-state index in [-0.39, 0.29) is 0 Å². The molecule has 1 aromatic rings. The van der Waals surface area contributed by atoms with Crippen molar-refractivity contribution in [2.75, 3.05) is 0 Å². The maximum absolute atomic E-state index is 12.0. The maximum atomic E-state index is 12.0.